The van der Waals surface area contributed by atoms with Crippen molar-refractivity contribution in [3.8, 4) is 5.75 Å². The molecule has 23 heavy (non-hydrogen) atoms. The number of ether oxygens (including phenoxy) is 2. The van der Waals surface area contributed by atoms with Gasteiger partial charge in [0.1, 0.15) is 5.75 Å². The summed E-state index contributed by atoms with van der Waals surface area (Å²) in [5.41, 5.74) is 0.967. The second kappa shape index (κ2) is 7.88. The molecule has 0 aliphatic carbocycles. The van der Waals surface area contributed by atoms with Gasteiger partial charge in [0.15, 0.2) is 11.8 Å². The highest BCUT2D eigenvalue weighted by Gasteiger charge is 2.19. The SMILES string of the molecule is COc1ccc(CNC(=O)[C@H](C)OC(=O)c2cnccn2)cc1. The van der Waals surface area contributed by atoms with Crippen molar-refractivity contribution in [2.75, 3.05) is 7.11 Å². The van der Waals surface area contributed by atoms with Crippen molar-refractivity contribution in [2.45, 2.75) is 19.6 Å². The number of aromatic nitrogens is 2. The van der Waals surface area contributed by atoms with E-state index < -0.39 is 18.0 Å². The molecular weight excluding hydrogens is 298 g/mol. The second-order valence-electron chi connectivity index (χ2n) is 4.70. The first-order valence-electron chi connectivity index (χ1n) is 6.98. The number of methoxy groups -OCH3 is 1. The average Bonchev–Trinajstić information content (AvgIpc) is 2.60. The monoisotopic (exact) mass is 315 g/mol. The predicted octanol–water partition coefficient (Wildman–Crippen LogP) is 1.35. The lowest BCUT2D eigenvalue weighted by Gasteiger charge is -2.13. The van der Waals surface area contributed by atoms with Gasteiger partial charge in [0.05, 0.1) is 13.3 Å². The number of carbonyl (C=O) groups is 2. The first kappa shape index (κ1) is 16.4. The van der Waals surface area contributed by atoms with Crippen molar-refractivity contribution < 1.29 is 19.1 Å². The molecule has 2 rings (SSSR count). The van der Waals surface area contributed by atoms with E-state index in [9.17, 15) is 9.59 Å². The van der Waals surface area contributed by atoms with Crippen molar-refractivity contribution in [2.24, 2.45) is 0 Å². The molecule has 1 atom stereocenters. The van der Waals surface area contributed by atoms with Crippen LogP contribution in [-0.2, 0) is 16.1 Å². The molecule has 1 amide bonds. The van der Waals surface area contributed by atoms with Gasteiger partial charge in [0.2, 0.25) is 0 Å². The largest absolute Gasteiger partial charge is 0.497 e. The zero-order valence-electron chi connectivity index (χ0n) is 12.9. The molecule has 0 fully saturated rings. The molecular formula is C16H17N3O4. The van der Waals surface area contributed by atoms with Gasteiger partial charge in [0.25, 0.3) is 5.91 Å². The van der Waals surface area contributed by atoms with E-state index in [1.807, 2.05) is 12.1 Å². The zero-order chi connectivity index (χ0) is 16.7. The highest BCUT2D eigenvalue weighted by molar-refractivity contribution is 5.90. The fourth-order valence-electron chi connectivity index (χ4n) is 1.76. The lowest BCUT2D eigenvalue weighted by molar-refractivity contribution is -0.129. The van der Waals surface area contributed by atoms with Crippen molar-refractivity contribution in [3.63, 3.8) is 0 Å². The minimum Gasteiger partial charge on any atom is -0.497 e. The summed E-state index contributed by atoms with van der Waals surface area (Å²) in [6.07, 6.45) is 3.18. The van der Waals surface area contributed by atoms with Crippen LogP contribution in [0.15, 0.2) is 42.9 Å². The van der Waals surface area contributed by atoms with Crippen LogP contribution in [0.2, 0.25) is 0 Å². The summed E-state index contributed by atoms with van der Waals surface area (Å²) < 4.78 is 10.1. The van der Waals surface area contributed by atoms with Gasteiger partial charge >= 0.3 is 5.97 Å². The summed E-state index contributed by atoms with van der Waals surface area (Å²) in [5, 5.41) is 2.70. The lowest BCUT2D eigenvalue weighted by atomic mass is 10.2. The summed E-state index contributed by atoms with van der Waals surface area (Å²) in [7, 11) is 1.59. The molecule has 7 heteroatoms. The fraction of sp³-hybridized carbons (Fsp3) is 0.250. The molecule has 0 unspecified atom stereocenters. The number of hydrogen-bond acceptors (Lipinski definition) is 6. The summed E-state index contributed by atoms with van der Waals surface area (Å²) in [4.78, 5) is 31.3. The van der Waals surface area contributed by atoms with Gasteiger partial charge in [-0.15, -0.1) is 0 Å². The Morgan fingerprint density at radius 2 is 1.96 bits per heavy atom. The van der Waals surface area contributed by atoms with E-state index >= 15 is 0 Å². The molecule has 2 aromatic rings. The molecule has 0 saturated carbocycles. The summed E-state index contributed by atoms with van der Waals surface area (Å²) in [6.45, 7) is 1.83. The van der Waals surface area contributed by atoms with E-state index in [1.54, 1.807) is 19.2 Å². The van der Waals surface area contributed by atoms with E-state index in [2.05, 4.69) is 15.3 Å². The van der Waals surface area contributed by atoms with Crippen LogP contribution in [0.1, 0.15) is 23.0 Å². The van der Waals surface area contributed by atoms with Gasteiger partial charge in [-0.05, 0) is 24.6 Å². The van der Waals surface area contributed by atoms with E-state index in [0.29, 0.717) is 6.54 Å². The Hall–Kier alpha value is -2.96. The van der Waals surface area contributed by atoms with Gasteiger partial charge in [-0.2, -0.15) is 0 Å². The Balaban J connectivity index is 1.83. The minimum atomic E-state index is -0.928. The van der Waals surface area contributed by atoms with Crippen molar-refractivity contribution in [1.29, 1.82) is 0 Å². The molecule has 1 aromatic heterocycles. The van der Waals surface area contributed by atoms with Crippen LogP contribution in [0, 0.1) is 0 Å². The van der Waals surface area contributed by atoms with Crippen molar-refractivity contribution in [3.05, 3.63) is 54.1 Å². The van der Waals surface area contributed by atoms with Crippen molar-refractivity contribution in [1.82, 2.24) is 15.3 Å². The van der Waals surface area contributed by atoms with Gasteiger partial charge in [-0.1, -0.05) is 12.1 Å². The third-order valence-corrected chi connectivity index (χ3v) is 3.05. The minimum absolute atomic E-state index is 0.0577. The maximum atomic E-state index is 12.0. The van der Waals surface area contributed by atoms with Gasteiger partial charge in [0, 0.05) is 18.9 Å². The predicted molar refractivity (Wildman–Crippen MR) is 81.8 cm³/mol. The molecule has 0 radical (unpaired) electrons. The molecule has 7 nitrogen and oxygen atoms in total. The standard InChI is InChI=1S/C16H17N3O4/c1-11(23-16(21)14-10-17-7-8-18-14)15(20)19-9-12-3-5-13(22-2)6-4-12/h3-8,10-11H,9H2,1-2H3,(H,19,20)/t11-/m0/s1. The quantitative estimate of drug-likeness (QED) is 0.809. The zero-order valence-corrected chi connectivity index (χ0v) is 12.9. The molecule has 120 valence electrons. The number of benzene rings is 1. The maximum Gasteiger partial charge on any atom is 0.359 e. The van der Waals surface area contributed by atoms with Gasteiger partial charge in [-0.3, -0.25) is 9.78 Å². The van der Waals surface area contributed by atoms with Gasteiger partial charge < -0.3 is 14.8 Å². The Morgan fingerprint density at radius 1 is 1.22 bits per heavy atom. The Kier molecular flexibility index (Phi) is 5.62. The number of carbonyl (C=O) groups excluding carboxylic acids is 2. The average molecular weight is 315 g/mol. The van der Waals surface area contributed by atoms with E-state index in [1.165, 1.54) is 25.5 Å². The Labute approximate surface area is 133 Å². The molecule has 0 aliphatic heterocycles. The topological polar surface area (TPSA) is 90.4 Å². The number of esters is 1. The van der Waals surface area contributed by atoms with E-state index in [0.717, 1.165) is 11.3 Å². The summed E-state index contributed by atoms with van der Waals surface area (Å²) in [5.74, 6) is -0.338. The summed E-state index contributed by atoms with van der Waals surface area (Å²) >= 11 is 0. The van der Waals surface area contributed by atoms with Crippen LogP contribution in [0.3, 0.4) is 0 Å². The molecule has 1 heterocycles. The number of rotatable bonds is 6. The third kappa shape index (κ3) is 4.77. The molecule has 1 aromatic carbocycles. The summed E-state index contributed by atoms with van der Waals surface area (Å²) in [6, 6.07) is 7.29. The number of amides is 1. The molecule has 0 saturated heterocycles. The van der Waals surface area contributed by atoms with Crippen LogP contribution in [-0.4, -0.2) is 35.1 Å². The van der Waals surface area contributed by atoms with E-state index in [4.69, 9.17) is 9.47 Å². The van der Waals surface area contributed by atoms with Crippen LogP contribution in [0.25, 0.3) is 0 Å². The van der Waals surface area contributed by atoms with Crippen molar-refractivity contribution >= 4 is 11.9 Å². The molecule has 1 N–H and O–H groups in total. The fourth-order valence-corrected chi connectivity index (χ4v) is 1.76. The molecule has 0 aliphatic rings. The van der Waals surface area contributed by atoms with Crippen LogP contribution < -0.4 is 10.1 Å². The highest BCUT2D eigenvalue weighted by atomic mass is 16.5. The number of hydrogen-bond donors (Lipinski definition) is 1. The highest BCUT2D eigenvalue weighted by Crippen LogP contribution is 2.11. The molecule has 0 bridgehead atoms. The van der Waals surface area contributed by atoms with Crippen LogP contribution in [0.4, 0.5) is 0 Å². The first-order chi connectivity index (χ1) is 11.1. The van der Waals surface area contributed by atoms with E-state index in [-0.39, 0.29) is 5.69 Å². The Bertz CT molecular complexity index is 659. The van der Waals surface area contributed by atoms with Gasteiger partial charge in [-0.25, -0.2) is 9.78 Å². The number of nitrogens with zero attached hydrogens (tertiary/aromatic N) is 2. The Morgan fingerprint density at radius 3 is 2.57 bits per heavy atom. The third-order valence-electron chi connectivity index (χ3n) is 3.05. The lowest BCUT2D eigenvalue weighted by Crippen LogP contribution is -2.35. The molecule has 0 spiro atoms. The number of nitrogens with one attached hydrogen (secondary N) is 1. The maximum absolute atomic E-state index is 12.0. The van der Waals surface area contributed by atoms with Crippen LogP contribution in [0.5, 0.6) is 5.75 Å². The smallest absolute Gasteiger partial charge is 0.359 e. The second-order valence-corrected chi connectivity index (χ2v) is 4.70. The van der Waals surface area contributed by atoms with Crippen LogP contribution >= 0.6 is 0 Å². The first-order valence-corrected chi connectivity index (χ1v) is 6.98. The normalized spacial score (nSPS) is 11.4.